The van der Waals surface area contributed by atoms with Gasteiger partial charge in [0.15, 0.2) is 0 Å². The second-order valence-corrected chi connectivity index (χ2v) is 4.61. The molecular formula is C12H14N4O2S. The van der Waals surface area contributed by atoms with Crippen molar-refractivity contribution in [3.63, 3.8) is 0 Å². The first kappa shape index (κ1) is 13.4. The maximum atomic E-state index is 12.0. The summed E-state index contributed by atoms with van der Waals surface area (Å²) >= 11 is 1.28. The number of nitrogens with zero attached hydrogens (tertiary/aromatic N) is 3. The van der Waals surface area contributed by atoms with Crippen LogP contribution in [0.5, 0.6) is 5.75 Å². The van der Waals surface area contributed by atoms with Crippen molar-refractivity contribution in [1.82, 2.24) is 14.9 Å². The second-order valence-electron chi connectivity index (χ2n) is 3.83. The highest BCUT2D eigenvalue weighted by Gasteiger charge is 2.10. The van der Waals surface area contributed by atoms with E-state index in [2.05, 4.69) is 10.2 Å². The van der Waals surface area contributed by atoms with E-state index in [1.54, 1.807) is 13.4 Å². The van der Waals surface area contributed by atoms with Crippen LogP contribution in [0, 0.1) is 0 Å². The van der Waals surface area contributed by atoms with Gasteiger partial charge in [0, 0.05) is 6.42 Å². The summed E-state index contributed by atoms with van der Waals surface area (Å²) in [5.41, 5.74) is 0.949. The molecule has 2 aromatic rings. The summed E-state index contributed by atoms with van der Waals surface area (Å²) in [5.74, 6) is 6.42. The fourth-order valence-electron chi connectivity index (χ4n) is 1.61. The third-order valence-corrected chi connectivity index (χ3v) is 3.28. The molecule has 0 radical (unpaired) electrons. The SMILES string of the molecule is COc1ccc(Cc2nnc(SC)n(N)c2=O)cc1. The molecule has 0 atom stereocenters. The Bertz CT molecular complexity index is 625. The fourth-order valence-corrected chi connectivity index (χ4v) is 2.01. The van der Waals surface area contributed by atoms with Gasteiger partial charge in [0.1, 0.15) is 11.4 Å². The Labute approximate surface area is 114 Å². The zero-order valence-electron chi connectivity index (χ0n) is 10.7. The summed E-state index contributed by atoms with van der Waals surface area (Å²) in [6.45, 7) is 0. The molecule has 1 heterocycles. The highest BCUT2D eigenvalue weighted by Crippen LogP contribution is 2.13. The van der Waals surface area contributed by atoms with E-state index >= 15 is 0 Å². The number of rotatable bonds is 4. The van der Waals surface area contributed by atoms with Gasteiger partial charge in [-0.25, -0.2) is 0 Å². The van der Waals surface area contributed by atoms with Crippen LogP contribution in [0.2, 0.25) is 0 Å². The number of hydrogen-bond donors (Lipinski definition) is 1. The molecule has 0 spiro atoms. The number of nitrogens with two attached hydrogens (primary N) is 1. The average Bonchev–Trinajstić information content (AvgIpc) is 2.45. The minimum absolute atomic E-state index is 0.324. The topological polar surface area (TPSA) is 83.0 Å². The van der Waals surface area contributed by atoms with Gasteiger partial charge >= 0.3 is 0 Å². The van der Waals surface area contributed by atoms with Crippen LogP contribution < -0.4 is 16.1 Å². The average molecular weight is 278 g/mol. The Kier molecular flexibility index (Phi) is 4.06. The first-order chi connectivity index (χ1) is 9.15. The molecule has 2 rings (SSSR count). The molecule has 1 aromatic carbocycles. The molecule has 0 bridgehead atoms. The van der Waals surface area contributed by atoms with Gasteiger partial charge in [0.05, 0.1) is 7.11 Å². The maximum Gasteiger partial charge on any atom is 0.294 e. The molecule has 0 aliphatic rings. The second kappa shape index (κ2) is 5.75. The molecule has 0 aliphatic heterocycles. The van der Waals surface area contributed by atoms with Crippen molar-refractivity contribution in [2.45, 2.75) is 11.6 Å². The number of aromatic nitrogens is 3. The number of ether oxygens (including phenoxy) is 1. The molecule has 0 saturated carbocycles. The van der Waals surface area contributed by atoms with Crippen molar-refractivity contribution < 1.29 is 4.74 Å². The molecular weight excluding hydrogens is 264 g/mol. The zero-order valence-corrected chi connectivity index (χ0v) is 11.5. The van der Waals surface area contributed by atoms with Gasteiger partial charge in [-0.3, -0.25) is 4.79 Å². The zero-order chi connectivity index (χ0) is 13.8. The van der Waals surface area contributed by atoms with Gasteiger partial charge in [0.2, 0.25) is 5.16 Å². The molecule has 19 heavy (non-hydrogen) atoms. The van der Waals surface area contributed by atoms with Crippen LogP contribution in [0.25, 0.3) is 0 Å². The first-order valence-corrected chi connectivity index (χ1v) is 6.78. The number of methoxy groups -OCH3 is 1. The molecule has 0 fully saturated rings. The third-order valence-electron chi connectivity index (χ3n) is 2.64. The van der Waals surface area contributed by atoms with Crippen LogP contribution >= 0.6 is 11.8 Å². The van der Waals surface area contributed by atoms with Gasteiger partial charge in [-0.1, -0.05) is 23.9 Å². The number of nitrogen functional groups attached to an aromatic ring is 1. The highest BCUT2D eigenvalue weighted by molar-refractivity contribution is 7.98. The predicted molar refractivity (Wildman–Crippen MR) is 74.0 cm³/mol. The van der Waals surface area contributed by atoms with Crippen LogP contribution in [0.1, 0.15) is 11.3 Å². The van der Waals surface area contributed by atoms with E-state index in [9.17, 15) is 4.79 Å². The first-order valence-electron chi connectivity index (χ1n) is 5.56. The lowest BCUT2D eigenvalue weighted by atomic mass is 10.1. The van der Waals surface area contributed by atoms with Crippen molar-refractivity contribution >= 4 is 11.8 Å². The van der Waals surface area contributed by atoms with Gasteiger partial charge in [-0.15, -0.1) is 10.2 Å². The Morgan fingerprint density at radius 3 is 2.58 bits per heavy atom. The lowest BCUT2D eigenvalue weighted by Gasteiger charge is -2.06. The molecule has 0 saturated heterocycles. The lowest BCUT2D eigenvalue weighted by molar-refractivity contribution is 0.414. The van der Waals surface area contributed by atoms with E-state index < -0.39 is 0 Å². The van der Waals surface area contributed by atoms with Gasteiger partial charge in [-0.05, 0) is 24.0 Å². The summed E-state index contributed by atoms with van der Waals surface area (Å²) in [4.78, 5) is 12.0. The Hall–Kier alpha value is -2.02. The van der Waals surface area contributed by atoms with Gasteiger partial charge < -0.3 is 10.6 Å². The minimum Gasteiger partial charge on any atom is -0.497 e. The van der Waals surface area contributed by atoms with E-state index in [1.807, 2.05) is 24.3 Å². The van der Waals surface area contributed by atoms with Crippen LogP contribution in [-0.4, -0.2) is 28.2 Å². The number of thioether (sulfide) groups is 1. The highest BCUT2D eigenvalue weighted by atomic mass is 32.2. The summed E-state index contributed by atoms with van der Waals surface area (Å²) in [6, 6.07) is 7.42. The van der Waals surface area contributed by atoms with Crippen LogP contribution in [0.4, 0.5) is 0 Å². The third kappa shape index (κ3) is 2.87. The van der Waals surface area contributed by atoms with Gasteiger partial charge in [-0.2, -0.15) is 4.68 Å². The number of hydrogen-bond acceptors (Lipinski definition) is 6. The summed E-state index contributed by atoms with van der Waals surface area (Å²) < 4.78 is 6.10. The predicted octanol–water partition coefficient (Wildman–Crippen LogP) is 0.673. The maximum absolute atomic E-state index is 12.0. The summed E-state index contributed by atoms with van der Waals surface area (Å²) in [6.07, 6.45) is 2.18. The van der Waals surface area contributed by atoms with Crippen LogP contribution in [0.15, 0.2) is 34.2 Å². The normalized spacial score (nSPS) is 10.4. The molecule has 1 aromatic heterocycles. The van der Waals surface area contributed by atoms with Crippen molar-refractivity contribution in [3.05, 3.63) is 45.9 Å². The Balaban J connectivity index is 2.28. The molecule has 2 N–H and O–H groups in total. The molecule has 7 heteroatoms. The van der Waals surface area contributed by atoms with Gasteiger partial charge in [0.25, 0.3) is 5.56 Å². The standard InChI is InChI=1S/C12H14N4O2S/c1-18-9-5-3-8(4-6-9)7-10-11(17)16(13)12(19-2)15-14-10/h3-6H,7,13H2,1-2H3. The van der Waals surface area contributed by atoms with Crippen molar-refractivity contribution in [2.24, 2.45) is 0 Å². The Morgan fingerprint density at radius 1 is 1.32 bits per heavy atom. The van der Waals surface area contributed by atoms with E-state index in [4.69, 9.17) is 10.6 Å². The molecule has 6 nitrogen and oxygen atoms in total. The molecule has 0 unspecified atom stereocenters. The largest absolute Gasteiger partial charge is 0.497 e. The number of benzene rings is 1. The smallest absolute Gasteiger partial charge is 0.294 e. The quantitative estimate of drug-likeness (QED) is 0.654. The minimum atomic E-state index is -0.324. The van der Waals surface area contributed by atoms with E-state index in [-0.39, 0.29) is 5.56 Å². The van der Waals surface area contributed by atoms with Crippen molar-refractivity contribution in [3.8, 4) is 5.75 Å². The molecule has 0 aliphatic carbocycles. The van der Waals surface area contributed by atoms with E-state index in [0.29, 0.717) is 17.3 Å². The molecule has 0 amide bonds. The van der Waals surface area contributed by atoms with E-state index in [1.165, 1.54) is 11.8 Å². The lowest BCUT2D eigenvalue weighted by Crippen LogP contribution is -2.33. The molecule has 100 valence electrons. The van der Waals surface area contributed by atoms with Crippen molar-refractivity contribution in [2.75, 3.05) is 19.2 Å². The van der Waals surface area contributed by atoms with Crippen LogP contribution in [0.3, 0.4) is 0 Å². The van der Waals surface area contributed by atoms with E-state index in [0.717, 1.165) is 16.0 Å². The van der Waals surface area contributed by atoms with Crippen molar-refractivity contribution in [1.29, 1.82) is 0 Å². The summed E-state index contributed by atoms with van der Waals surface area (Å²) in [7, 11) is 1.61. The van der Waals surface area contributed by atoms with Crippen LogP contribution in [-0.2, 0) is 6.42 Å². The monoisotopic (exact) mass is 278 g/mol. The summed E-state index contributed by atoms with van der Waals surface area (Å²) in [5, 5.41) is 8.24. The Morgan fingerprint density at radius 2 is 2.00 bits per heavy atom. The fraction of sp³-hybridized carbons (Fsp3) is 0.250.